The van der Waals surface area contributed by atoms with Crippen LogP contribution in [-0.4, -0.2) is 28.5 Å². The molecule has 3 aliphatic rings. The Morgan fingerprint density at radius 3 is 2.55 bits per heavy atom. The standard InChI is InChI=1S/C25H25F3N4O/c26-25(27,28)22-10-3-16(14-29-22)4-12-24(33)30-19-6-9-21-18(13-19)5-11-23(31-21)32-15-17-1-7-20(32)8-2-17/h3,5-6,9-11,13-14,17,20H,1-2,4,7-8,12,15H2,(H,30,33). The molecule has 2 aromatic heterocycles. The molecule has 8 heteroatoms. The Hall–Kier alpha value is -3.16. The number of carbonyl (C=O) groups excluding carboxylic acids is 1. The Morgan fingerprint density at radius 1 is 1.06 bits per heavy atom. The molecule has 0 unspecified atom stereocenters. The third-order valence-electron chi connectivity index (χ3n) is 6.72. The zero-order valence-electron chi connectivity index (χ0n) is 18.1. The first-order valence-corrected chi connectivity index (χ1v) is 11.3. The number of hydrogen-bond donors (Lipinski definition) is 1. The second-order valence-electron chi connectivity index (χ2n) is 9.00. The molecule has 33 heavy (non-hydrogen) atoms. The summed E-state index contributed by atoms with van der Waals surface area (Å²) in [6.45, 7) is 1.09. The number of fused-ring (bicyclic) bond motifs is 4. The van der Waals surface area contributed by atoms with Crippen LogP contribution in [0.3, 0.4) is 0 Å². The van der Waals surface area contributed by atoms with Crippen LogP contribution in [0.25, 0.3) is 10.9 Å². The number of aryl methyl sites for hydroxylation is 1. The van der Waals surface area contributed by atoms with Crippen molar-refractivity contribution in [3.05, 3.63) is 59.9 Å². The molecule has 1 aliphatic carbocycles. The molecule has 0 radical (unpaired) electrons. The summed E-state index contributed by atoms with van der Waals surface area (Å²) in [5.41, 5.74) is 1.21. The van der Waals surface area contributed by atoms with E-state index in [-0.39, 0.29) is 12.3 Å². The van der Waals surface area contributed by atoms with Crippen molar-refractivity contribution in [3.8, 4) is 0 Å². The van der Waals surface area contributed by atoms with E-state index in [1.807, 2.05) is 24.3 Å². The van der Waals surface area contributed by atoms with E-state index in [1.54, 1.807) is 0 Å². The van der Waals surface area contributed by atoms with Gasteiger partial charge in [-0.05, 0) is 80.0 Å². The highest BCUT2D eigenvalue weighted by Gasteiger charge is 2.34. The topological polar surface area (TPSA) is 58.1 Å². The number of amides is 1. The van der Waals surface area contributed by atoms with E-state index in [0.29, 0.717) is 23.7 Å². The van der Waals surface area contributed by atoms with Gasteiger partial charge in [0.15, 0.2) is 0 Å². The fourth-order valence-corrected chi connectivity index (χ4v) is 4.92. The summed E-state index contributed by atoms with van der Waals surface area (Å²) in [5.74, 6) is 1.60. The second kappa shape index (κ2) is 8.65. The largest absolute Gasteiger partial charge is 0.433 e. The van der Waals surface area contributed by atoms with Gasteiger partial charge in [-0.2, -0.15) is 13.2 Å². The van der Waals surface area contributed by atoms with Gasteiger partial charge in [-0.1, -0.05) is 6.07 Å². The third kappa shape index (κ3) is 4.79. The van der Waals surface area contributed by atoms with Crippen LogP contribution < -0.4 is 10.2 Å². The van der Waals surface area contributed by atoms with Crippen LogP contribution >= 0.6 is 0 Å². The fraction of sp³-hybridized carbons (Fsp3) is 0.400. The van der Waals surface area contributed by atoms with Crippen LogP contribution in [0.1, 0.15) is 43.4 Å². The second-order valence-corrected chi connectivity index (χ2v) is 9.00. The molecule has 0 spiro atoms. The number of piperidine rings is 2. The van der Waals surface area contributed by atoms with E-state index in [0.717, 1.165) is 35.2 Å². The number of hydrogen-bond acceptors (Lipinski definition) is 4. The van der Waals surface area contributed by atoms with Crippen molar-refractivity contribution in [1.29, 1.82) is 0 Å². The third-order valence-corrected chi connectivity index (χ3v) is 6.72. The van der Waals surface area contributed by atoms with Gasteiger partial charge in [0.25, 0.3) is 0 Å². The van der Waals surface area contributed by atoms with Crippen LogP contribution in [0, 0.1) is 5.92 Å². The van der Waals surface area contributed by atoms with Gasteiger partial charge in [0.1, 0.15) is 11.5 Å². The van der Waals surface area contributed by atoms with Gasteiger partial charge >= 0.3 is 6.18 Å². The number of rotatable bonds is 5. The number of anilines is 2. The van der Waals surface area contributed by atoms with Crippen molar-refractivity contribution >= 4 is 28.3 Å². The molecule has 3 aromatic rings. The first-order chi connectivity index (χ1) is 15.8. The minimum atomic E-state index is -4.46. The number of benzene rings is 1. The molecule has 172 valence electrons. The summed E-state index contributed by atoms with van der Waals surface area (Å²) in [6.07, 6.45) is 2.32. The van der Waals surface area contributed by atoms with E-state index >= 15 is 0 Å². The first-order valence-electron chi connectivity index (χ1n) is 11.3. The lowest BCUT2D eigenvalue weighted by atomic mass is 9.80. The molecule has 1 saturated carbocycles. The lowest BCUT2D eigenvalue weighted by Gasteiger charge is -2.46. The number of carbonyl (C=O) groups is 1. The van der Waals surface area contributed by atoms with E-state index in [2.05, 4.69) is 21.3 Å². The average Bonchev–Trinajstić information content (AvgIpc) is 2.83. The molecule has 4 heterocycles. The Kier molecular flexibility index (Phi) is 5.68. The summed E-state index contributed by atoms with van der Waals surface area (Å²) in [4.78, 5) is 23.1. The van der Waals surface area contributed by atoms with Crippen molar-refractivity contribution < 1.29 is 18.0 Å². The van der Waals surface area contributed by atoms with Crippen LogP contribution in [0.15, 0.2) is 48.7 Å². The smallest absolute Gasteiger partial charge is 0.353 e. The summed E-state index contributed by atoms with van der Waals surface area (Å²) in [6, 6.07) is 12.6. The van der Waals surface area contributed by atoms with Gasteiger partial charge in [-0.25, -0.2) is 4.98 Å². The highest BCUT2D eigenvalue weighted by molar-refractivity contribution is 5.94. The summed E-state index contributed by atoms with van der Waals surface area (Å²) in [5, 5.41) is 3.81. The van der Waals surface area contributed by atoms with Gasteiger partial charge in [-0.3, -0.25) is 9.78 Å². The molecule has 3 fully saturated rings. The maximum absolute atomic E-state index is 12.6. The predicted octanol–water partition coefficient (Wildman–Crippen LogP) is 5.60. The van der Waals surface area contributed by atoms with Gasteiger partial charge < -0.3 is 10.2 Å². The number of alkyl halides is 3. The van der Waals surface area contributed by atoms with Gasteiger partial charge in [-0.15, -0.1) is 0 Å². The Balaban J connectivity index is 1.20. The molecular formula is C25H25F3N4O. The van der Waals surface area contributed by atoms with E-state index < -0.39 is 11.9 Å². The summed E-state index contributed by atoms with van der Waals surface area (Å²) < 4.78 is 37.8. The van der Waals surface area contributed by atoms with Crippen molar-refractivity contribution in [2.24, 2.45) is 5.92 Å². The molecule has 1 N–H and O–H groups in total. The molecular weight excluding hydrogens is 429 g/mol. The Morgan fingerprint density at radius 2 is 1.88 bits per heavy atom. The molecule has 5 nitrogen and oxygen atoms in total. The number of nitrogens with one attached hydrogen (secondary N) is 1. The van der Waals surface area contributed by atoms with Gasteiger partial charge in [0.2, 0.25) is 5.91 Å². The average molecular weight is 454 g/mol. The monoisotopic (exact) mass is 454 g/mol. The maximum Gasteiger partial charge on any atom is 0.433 e. The molecule has 2 aliphatic heterocycles. The summed E-state index contributed by atoms with van der Waals surface area (Å²) >= 11 is 0. The van der Waals surface area contributed by atoms with Crippen molar-refractivity contribution in [2.45, 2.75) is 50.7 Å². The molecule has 6 rings (SSSR count). The lowest BCUT2D eigenvalue weighted by molar-refractivity contribution is -0.141. The quantitative estimate of drug-likeness (QED) is 0.545. The number of aromatic nitrogens is 2. The molecule has 1 aromatic carbocycles. The van der Waals surface area contributed by atoms with Gasteiger partial charge in [0.05, 0.1) is 5.52 Å². The van der Waals surface area contributed by atoms with Crippen LogP contribution in [0.5, 0.6) is 0 Å². The Labute approximate surface area is 190 Å². The summed E-state index contributed by atoms with van der Waals surface area (Å²) in [7, 11) is 0. The normalized spacial score (nSPS) is 20.3. The Bertz CT molecular complexity index is 1150. The van der Waals surface area contributed by atoms with E-state index in [1.165, 1.54) is 37.9 Å². The van der Waals surface area contributed by atoms with Crippen molar-refractivity contribution in [2.75, 3.05) is 16.8 Å². The van der Waals surface area contributed by atoms with Crippen LogP contribution in [-0.2, 0) is 17.4 Å². The minimum Gasteiger partial charge on any atom is -0.353 e. The fourth-order valence-electron chi connectivity index (χ4n) is 4.92. The van der Waals surface area contributed by atoms with E-state index in [9.17, 15) is 18.0 Å². The number of halogens is 3. The maximum atomic E-state index is 12.6. The highest BCUT2D eigenvalue weighted by atomic mass is 19.4. The highest BCUT2D eigenvalue weighted by Crippen LogP contribution is 2.37. The van der Waals surface area contributed by atoms with Crippen LogP contribution in [0.4, 0.5) is 24.7 Å². The van der Waals surface area contributed by atoms with Gasteiger partial charge in [0, 0.05) is 36.3 Å². The molecule has 0 atom stereocenters. The number of nitrogens with zero attached hydrogens (tertiary/aromatic N) is 3. The SMILES string of the molecule is O=C(CCc1ccc(C(F)(F)F)nc1)Nc1ccc2nc(N3CC4CCC3CC4)ccc2c1. The zero-order valence-corrected chi connectivity index (χ0v) is 18.1. The lowest BCUT2D eigenvalue weighted by Crippen LogP contribution is -2.48. The van der Waals surface area contributed by atoms with Crippen molar-refractivity contribution in [1.82, 2.24) is 9.97 Å². The first kappa shape index (κ1) is 21.7. The van der Waals surface area contributed by atoms with Crippen LogP contribution in [0.2, 0.25) is 0 Å². The molecule has 2 bridgehead atoms. The molecule has 2 saturated heterocycles. The minimum absolute atomic E-state index is 0.153. The zero-order chi connectivity index (χ0) is 23.0. The van der Waals surface area contributed by atoms with Crippen molar-refractivity contribution in [3.63, 3.8) is 0 Å². The van der Waals surface area contributed by atoms with E-state index in [4.69, 9.17) is 4.98 Å². The molecule has 1 amide bonds. The predicted molar refractivity (Wildman–Crippen MR) is 121 cm³/mol. The number of pyridine rings is 2.